The molecule has 35 heavy (non-hydrogen) atoms. The fourth-order valence-corrected chi connectivity index (χ4v) is 4.59. The number of pyridine rings is 1. The summed E-state index contributed by atoms with van der Waals surface area (Å²) < 4.78 is 110. The maximum absolute atomic E-state index is 14.4. The minimum atomic E-state index is -4.80. The molecule has 0 saturated carbocycles. The van der Waals surface area contributed by atoms with E-state index in [1.54, 1.807) is 6.92 Å². The van der Waals surface area contributed by atoms with E-state index in [9.17, 15) is 40.0 Å². The molecular weight excluding hydrogens is 502 g/mol. The van der Waals surface area contributed by atoms with E-state index in [1.807, 2.05) is 6.07 Å². The topological polar surface area (TPSA) is 97.0 Å². The van der Waals surface area contributed by atoms with Crippen LogP contribution < -0.4 is 9.46 Å². The Morgan fingerprint density at radius 3 is 2.46 bits per heavy atom. The predicted molar refractivity (Wildman–Crippen MR) is 113 cm³/mol. The molecule has 1 N–H and O–H groups in total. The first-order valence-electron chi connectivity index (χ1n) is 10.1. The fourth-order valence-electron chi connectivity index (χ4n) is 3.42. The standard InChI is InChI=1S/C21H18F6N4O3S/c1-3-6-31-17-8-18(34-20(23)24)15(22)7-13(17)14(9-28)19(31)16-5-4-12(10-29-16)35(32,33)30-11(2)21(25,26)27/h4-5,7-8,10-11,20,30H,3,6H2,1-2H3. The summed E-state index contributed by atoms with van der Waals surface area (Å²) in [5, 5.41) is 9.84. The van der Waals surface area contributed by atoms with Crippen LogP contribution in [0.1, 0.15) is 25.8 Å². The van der Waals surface area contributed by atoms with Gasteiger partial charge in [0.15, 0.2) is 11.6 Å². The van der Waals surface area contributed by atoms with Crippen LogP contribution in [0, 0.1) is 17.1 Å². The summed E-state index contributed by atoms with van der Waals surface area (Å²) >= 11 is 0. The summed E-state index contributed by atoms with van der Waals surface area (Å²) in [6.45, 7) is -0.596. The minimum Gasteiger partial charge on any atom is -0.432 e. The minimum absolute atomic E-state index is 0.0529. The quantitative estimate of drug-likeness (QED) is 0.424. The normalized spacial score (nSPS) is 13.3. The first-order chi connectivity index (χ1) is 16.3. The van der Waals surface area contributed by atoms with E-state index in [-0.39, 0.29) is 34.4 Å². The van der Waals surface area contributed by atoms with Gasteiger partial charge in [-0.15, -0.1) is 0 Å². The molecule has 3 rings (SSSR count). The number of hydrogen-bond acceptors (Lipinski definition) is 5. The van der Waals surface area contributed by atoms with Crippen molar-refractivity contribution in [2.45, 2.75) is 50.5 Å². The average molecular weight is 520 g/mol. The van der Waals surface area contributed by atoms with Gasteiger partial charge in [0, 0.05) is 24.2 Å². The highest BCUT2D eigenvalue weighted by atomic mass is 32.2. The van der Waals surface area contributed by atoms with Crippen molar-refractivity contribution in [1.29, 1.82) is 5.26 Å². The van der Waals surface area contributed by atoms with E-state index in [2.05, 4.69) is 9.72 Å². The molecule has 0 aliphatic heterocycles. The number of nitriles is 1. The van der Waals surface area contributed by atoms with Crippen LogP contribution in [-0.2, 0) is 16.6 Å². The van der Waals surface area contributed by atoms with Crippen LogP contribution >= 0.6 is 0 Å². The van der Waals surface area contributed by atoms with Crippen LogP contribution in [0.4, 0.5) is 26.3 Å². The Morgan fingerprint density at radius 2 is 1.94 bits per heavy atom. The summed E-state index contributed by atoms with van der Waals surface area (Å²) in [5.41, 5.74) is 0.363. The Balaban J connectivity index is 2.14. The summed E-state index contributed by atoms with van der Waals surface area (Å²) in [4.78, 5) is 3.46. The SMILES string of the molecule is CCCn1c(-c2ccc(S(=O)(=O)NC(C)C(F)(F)F)cn2)c(C#N)c2cc(F)c(OC(F)F)cc21. The first kappa shape index (κ1) is 26.3. The molecule has 1 unspecified atom stereocenters. The summed E-state index contributed by atoms with van der Waals surface area (Å²) in [6, 6.07) is 3.67. The Morgan fingerprint density at radius 1 is 1.26 bits per heavy atom. The zero-order valence-electron chi connectivity index (χ0n) is 18.2. The largest absolute Gasteiger partial charge is 0.432 e. The van der Waals surface area contributed by atoms with E-state index in [0.29, 0.717) is 13.3 Å². The summed E-state index contributed by atoms with van der Waals surface area (Å²) in [5.74, 6) is -1.84. The van der Waals surface area contributed by atoms with Crippen molar-refractivity contribution in [2.24, 2.45) is 0 Å². The first-order valence-corrected chi connectivity index (χ1v) is 11.5. The number of halogens is 6. The molecule has 0 saturated heterocycles. The number of rotatable bonds is 8. The monoisotopic (exact) mass is 520 g/mol. The van der Waals surface area contributed by atoms with Crippen molar-refractivity contribution in [3.8, 4) is 23.2 Å². The van der Waals surface area contributed by atoms with Crippen LogP contribution in [0.2, 0.25) is 0 Å². The molecule has 188 valence electrons. The van der Waals surface area contributed by atoms with Gasteiger partial charge in [0.2, 0.25) is 10.0 Å². The highest BCUT2D eigenvalue weighted by Gasteiger charge is 2.39. The van der Waals surface area contributed by atoms with Crippen LogP contribution in [0.3, 0.4) is 0 Å². The Kier molecular flexibility index (Phi) is 7.32. The maximum atomic E-state index is 14.4. The van der Waals surface area contributed by atoms with Gasteiger partial charge in [-0.3, -0.25) is 4.98 Å². The van der Waals surface area contributed by atoms with Gasteiger partial charge in [-0.25, -0.2) is 12.8 Å². The number of aromatic nitrogens is 2. The molecule has 0 amide bonds. The van der Waals surface area contributed by atoms with Crippen molar-refractivity contribution >= 4 is 20.9 Å². The Hall–Kier alpha value is -3.31. The molecule has 7 nitrogen and oxygen atoms in total. The zero-order valence-corrected chi connectivity index (χ0v) is 19.0. The number of alkyl halides is 5. The molecule has 0 fully saturated rings. The van der Waals surface area contributed by atoms with E-state index in [0.717, 1.165) is 24.4 Å². The third-order valence-corrected chi connectivity index (χ3v) is 6.53. The fraction of sp³-hybridized carbons (Fsp3) is 0.333. The van der Waals surface area contributed by atoms with Gasteiger partial charge >= 0.3 is 12.8 Å². The number of fused-ring (bicyclic) bond motifs is 1. The molecule has 0 radical (unpaired) electrons. The van der Waals surface area contributed by atoms with Gasteiger partial charge in [-0.1, -0.05) is 6.92 Å². The lowest BCUT2D eigenvalue weighted by Crippen LogP contribution is -2.42. The summed E-state index contributed by atoms with van der Waals surface area (Å²) in [6.07, 6.45) is -3.47. The molecule has 0 spiro atoms. The third-order valence-electron chi connectivity index (χ3n) is 5.00. The van der Waals surface area contributed by atoms with Crippen LogP contribution in [0.15, 0.2) is 35.4 Å². The van der Waals surface area contributed by atoms with Crippen molar-refractivity contribution in [3.05, 3.63) is 41.8 Å². The number of sulfonamides is 1. The highest BCUT2D eigenvalue weighted by Crippen LogP contribution is 2.36. The molecule has 1 aromatic carbocycles. The van der Waals surface area contributed by atoms with Crippen molar-refractivity contribution < 1.29 is 39.5 Å². The highest BCUT2D eigenvalue weighted by molar-refractivity contribution is 7.89. The lowest BCUT2D eigenvalue weighted by Gasteiger charge is -2.17. The second kappa shape index (κ2) is 9.74. The van der Waals surface area contributed by atoms with Crippen molar-refractivity contribution in [1.82, 2.24) is 14.3 Å². The maximum Gasteiger partial charge on any atom is 0.404 e. The van der Waals surface area contributed by atoms with Crippen molar-refractivity contribution in [2.75, 3.05) is 0 Å². The molecule has 2 heterocycles. The van der Waals surface area contributed by atoms with E-state index < -0.39 is 45.3 Å². The van der Waals surface area contributed by atoms with Gasteiger partial charge in [-0.05, 0) is 31.5 Å². The van der Waals surface area contributed by atoms with Gasteiger partial charge in [0.05, 0.1) is 22.5 Å². The Bertz CT molecular complexity index is 1380. The van der Waals surface area contributed by atoms with E-state index in [1.165, 1.54) is 15.4 Å². The zero-order chi connectivity index (χ0) is 26.1. The lowest BCUT2D eigenvalue weighted by atomic mass is 10.1. The number of hydrogen-bond donors (Lipinski definition) is 1. The van der Waals surface area contributed by atoms with Gasteiger partial charge in [0.25, 0.3) is 0 Å². The molecule has 0 aliphatic rings. The summed E-state index contributed by atoms with van der Waals surface area (Å²) in [7, 11) is -4.57. The van der Waals surface area contributed by atoms with Crippen LogP contribution in [0.25, 0.3) is 22.3 Å². The molecule has 0 aliphatic carbocycles. The van der Waals surface area contributed by atoms with Gasteiger partial charge < -0.3 is 9.30 Å². The molecule has 0 bridgehead atoms. The molecular formula is C21H18F6N4O3S. The Labute approximate surface area is 196 Å². The number of aryl methyl sites for hydroxylation is 1. The molecule has 1 atom stereocenters. The predicted octanol–water partition coefficient (Wildman–Crippen LogP) is 4.95. The molecule has 2 aromatic heterocycles. The number of nitrogens with zero attached hydrogens (tertiary/aromatic N) is 3. The van der Waals surface area contributed by atoms with Crippen LogP contribution in [-0.4, -0.2) is 36.8 Å². The lowest BCUT2D eigenvalue weighted by molar-refractivity contribution is -0.147. The van der Waals surface area contributed by atoms with Gasteiger partial charge in [0.1, 0.15) is 17.0 Å². The van der Waals surface area contributed by atoms with E-state index in [4.69, 9.17) is 0 Å². The smallest absolute Gasteiger partial charge is 0.404 e. The second-order valence-corrected chi connectivity index (χ2v) is 9.14. The third kappa shape index (κ3) is 5.35. The van der Waals surface area contributed by atoms with Crippen molar-refractivity contribution in [3.63, 3.8) is 0 Å². The number of benzene rings is 1. The van der Waals surface area contributed by atoms with Crippen LogP contribution in [0.5, 0.6) is 5.75 Å². The second-order valence-electron chi connectivity index (χ2n) is 7.43. The van der Waals surface area contributed by atoms with Gasteiger partial charge in [-0.2, -0.15) is 31.9 Å². The molecule has 3 aromatic rings. The van der Waals surface area contributed by atoms with E-state index >= 15 is 0 Å². The molecule has 14 heteroatoms. The number of ether oxygens (including phenoxy) is 1. The number of nitrogens with one attached hydrogen (secondary N) is 1. The average Bonchev–Trinajstić information content (AvgIpc) is 3.05.